The van der Waals surface area contributed by atoms with Crippen molar-refractivity contribution in [1.82, 2.24) is 10.6 Å². The van der Waals surface area contributed by atoms with Crippen molar-refractivity contribution in [3.8, 4) is 5.75 Å². The number of aliphatic carboxylic acids is 1. The van der Waals surface area contributed by atoms with Gasteiger partial charge in [-0.25, -0.2) is 4.79 Å². The minimum Gasteiger partial charge on any atom is -0.508 e. The average molecular weight is 442 g/mol. The largest absolute Gasteiger partial charge is 0.508 e. The van der Waals surface area contributed by atoms with Gasteiger partial charge in [0.25, 0.3) is 0 Å². The summed E-state index contributed by atoms with van der Waals surface area (Å²) in [4.78, 5) is 47.9. The molecule has 0 aliphatic rings. The normalized spacial score (nSPS) is 13.4. The number of rotatable bonds is 11. The van der Waals surface area contributed by atoms with Crippen LogP contribution in [0.25, 0.3) is 0 Å². The molecule has 0 fully saturated rings. The van der Waals surface area contributed by atoms with Crippen LogP contribution in [0.15, 0.2) is 54.6 Å². The maximum absolute atomic E-state index is 12.8. The van der Waals surface area contributed by atoms with Crippen LogP contribution in [0.1, 0.15) is 17.5 Å². The number of phenols is 1. The number of carboxylic acids is 1. The summed E-state index contributed by atoms with van der Waals surface area (Å²) in [6, 6.07) is 11.3. The lowest BCUT2D eigenvalue weighted by atomic mass is 10.0. The van der Waals surface area contributed by atoms with Gasteiger partial charge in [-0.1, -0.05) is 42.5 Å². The highest BCUT2D eigenvalue weighted by Gasteiger charge is 2.29. The summed E-state index contributed by atoms with van der Waals surface area (Å²) in [6.07, 6.45) is -0.355. The van der Waals surface area contributed by atoms with Gasteiger partial charge in [-0.05, 0) is 29.7 Å². The summed E-state index contributed by atoms with van der Waals surface area (Å²) >= 11 is 0. The van der Waals surface area contributed by atoms with Gasteiger partial charge in [0.2, 0.25) is 17.7 Å². The Morgan fingerprint density at radius 1 is 0.812 bits per heavy atom. The number of nitrogens with two attached hydrogens (primary N) is 2. The first-order chi connectivity index (χ1) is 15.2. The topological polar surface area (TPSA) is 185 Å². The van der Waals surface area contributed by atoms with Gasteiger partial charge in [-0.3, -0.25) is 14.4 Å². The van der Waals surface area contributed by atoms with Crippen molar-refractivity contribution in [3.05, 3.63) is 65.7 Å². The highest BCUT2D eigenvalue weighted by atomic mass is 16.4. The van der Waals surface area contributed by atoms with Gasteiger partial charge in [-0.2, -0.15) is 0 Å². The molecule has 0 aliphatic carbocycles. The Labute approximate surface area is 184 Å². The molecule has 0 aliphatic heterocycles. The fourth-order valence-corrected chi connectivity index (χ4v) is 2.99. The van der Waals surface area contributed by atoms with E-state index < -0.39 is 48.2 Å². The number of primary amides is 1. The third-order valence-electron chi connectivity index (χ3n) is 4.66. The zero-order chi connectivity index (χ0) is 23.7. The van der Waals surface area contributed by atoms with Gasteiger partial charge in [0.15, 0.2) is 0 Å². The molecule has 2 rings (SSSR count). The average Bonchev–Trinajstić information content (AvgIpc) is 2.74. The Morgan fingerprint density at radius 2 is 1.38 bits per heavy atom. The maximum atomic E-state index is 12.8. The summed E-state index contributed by atoms with van der Waals surface area (Å²) in [6.45, 7) is 0. The predicted molar refractivity (Wildman–Crippen MR) is 115 cm³/mol. The van der Waals surface area contributed by atoms with Crippen LogP contribution < -0.4 is 22.1 Å². The van der Waals surface area contributed by atoms with Crippen molar-refractivity contribution in [2.24, 2.45) is 11.5 Å². The van der Waals surface area contributed by atoms with Crippen LogP contribution >= 0.6 is 0 Å². The number of benzene rings is 2. The van der Waals surface area contributed by atoms with Crippen LogP contribution in [-0.2, 0) is 32.0 Å². The fraction of sp³-hybridized carbons (Fsp3) is 0.273. The molecule has 0 heterocycles. The van der Waals surface area contributed by atoms with E-state index in [1.807, 2.05) is 0 Å². The molecule has 0 saturated carbocycles. The Kier molecular flexibility index (Phi) is 8.72. The summed E-state index contributed by atoms with van der Waals surface area (Å²) in [5.41, 5.74) is 12.5. The lowest BCUT2D eigenvalue weighted by molar-refractivity contribution is -0.143. The van der Waals surface area contributed by atoms with E-state index in [4.69, 9.17) is 11.5 Å². The lowest BCUT2D eigenvalue weighted by Crippen LogP contribution is -2.56. The molecule has 32 heavy (non-hydrogen) atoms. The second kappa shape index (κ2) is 11.5. The number of phenolic OH excluding ortho intramolecular Hbond substituents is 1. The molecule has 0 bridgehead atoms. The van der Waals surface area contributed by atoms with Crippen LogP contribution in [0.3, 0.4) is 0 Å². The molecule has 3 atom stereocenters. The molecule has 0 spiro atoms. The van der Waals surface area contributed by atoms with E-state index in [1.54, 1.807) is 42.5 Å². The highest BCUT2D eigenvalue weighted by molar-refractivity contribution is 5.93. The quantitative estimate of drug-likeness (QED) is 0.269. The molecular weight excluding hydrogens is 416 g/mol. The number of carbonyl (C=O) groups is 4. The van der Waals surface area contributed by atoms with Crippen LogP contribution in [0, 0.1) is 0 Å². The minimum atomic E-state index is -1.53. The van der Waals surface area contributed by atoms with Crippen LogP contribution in [-0.4, -0.2) is 52.0 Å². The Bertz CT molecular complexity index is 949. The Morgan fingerprint density at radius 3 is 1.94 bits per heavy atom. The summed E-state index contributed by atoms with van der Waals surface area (Å²) in [7, 11) is 0. The molecule has 2 aromatic carbocycles. The molecule has 3 unspecified atom stereocenters. The van der Waals surface area contributed by atoms with E-state index in [0.717, 1.165) is 5.56 Å². The van der Waals surface area contributed by atoms with Gasteiger partial charge in [0, 0.05) is 6.42 Å². The second-order valence-corrected chi connectivity index (χ2v) is 7.30. The van der Waals surface area contributed by atoms with E-state index in [0.29, 0.717) is 5.56 Å². The first kappa shape index (κ1) is 24.4. The van der Waals surface area contributed by atoms with Crippen molar-refractivity contribution >= 4 is 23.7 Å². The lowest BCUT2D eigenvalue weighted by Gasteiger charge is -2.23. The molecule has 3 amide bonds. The molecular formula is C22H26N4O6. The van der Waals surface area contributed by atoms with Crippen LogP contribution in [0.4, 0.5) is 0 Å². The molecule has 0 aromatic heterocycles. The molecule has 2 aromatic rings. The van der Waals surface area contributed by atoms with E-state index in [-0.39, 0.29) is 18.6 Å². The van der Waals surface area contributed by atoms with Gasteiger partial charge in [-0.15, -0.1) is 0 Å². The number of hydrogen-bond acceptors (Lipinski definition) is 6. The van der Waals surface area contributed by atoms with E-state index in [2.05, 4.69) is 10.6 Å². The zero-order valence-corrected chi connectivity index (χ0v) is 17.2. The second-order valence-electron chi connectivity index (χ2n) is 7.30. The van der Waals surface area contributed by atoms with Gasteiger partial charge in [0.1, 0.15) is 17.8 Å². The number of hydrogen-bond donors (Lipinski definition) is 6. The summed E-state index contributed by atoms with van der Waals surface area (Å²) in [5.74, 6) is -3.64. The van der Waals surface area contributed by atoms with Gasteiger partial charge in [0.05, 0.1) is 12.5 Å². The Hall–Kier alpha value is -3.92. The fourth-order valence-electron chi connectivity index (χ4n) is 2.99. The van der Waals surface area contributed by atoms with Crippen molar-refractivity contribution in [1.29, 1.82) is 0 Å². The molecule has 10 nitrogen and oxygen atoms in total. The van der Waals surface area contributed by atoms with E-state index >= 15 is 0 Å². The smallest absolute Gasteiger partial charge is 0.326 e. The van der Waals surface area contributed by atoms with Crippen LogP contribution in [0.5, 0.6) is 5.75 Å². The number of carboxylic acid groups (broad SMARTS) is 1. The third kappa shape index (κ3) is 7.73. The molecule has 0 saturated heterocycles. The van der Waals surface area contributed by atoms with Gasteiger partial charge >= 0.3 is 5.97 Å². The van der Waals surface area contributed by atoms with Gasteiger partial charge < -0.3 is 32.3 Å². The molecule has 10 heteroatoms. The number of amides is 3. The first-order valence-electron chi connectivity index (χ1n) is 9.85. The SMILES string of the molecule is NC(=O)CC(NC(=O)C(Cc1ccccc1)NC(=O)C(N)Cc1ccc(O)cc1)C(=O)O. The van der Waals surface area contributed by atoms with E-state index in [9.17, 15) is 29.4 Å². The monoisotopic (exact) mass is 442 g/mol. The third-order valence-corrected chi connectivity index (χ3v) is 4.66. The first-order valence-corrected chi connectivity index (χ1v) is 9.85. The van der Waals surface area contributed by atoms with Crippen LogP contribution in [0.2, 0.25) is 0 Å². The molecule has 8 N–H and O–H groups in total. The van der Waals surface area contributed by atoms with Crippen molar-refractivity contribution in [2.75, 3.05) is 0 Å². The minimum absolute atomic E-state index is 0.0766. The zero-order valence-electron chi connectivity index (χ0n) is 17.2. The molecule has 170 valence electrons. The van der Waals surface area contributed by atoms with Crippen molar-refractivity contribution in [3.63, 3.8) is 0 Å². The predicted octanol–water partition coefficient (Wildman–Crippen LogP) is -0.566. The van der Waals surface area contributed by atoms with Crippen molar-refractivity contribution < 1.29 is 29.4 Å². The maximum Gasteiger partial charge on any atom is 0.326 e. The summed E-state index contributed by atoms with van der Waals surface area (Å²) in [5, 5.41) is 23.4. The van der Waals surface area contributed by atoms with Crippen molar-refractivity contribution in [2.45, 2.75) is 37.4 Å². The number of carbonyl (C=O) groups excluding carboxylic acids is 3. The molecule has 0 radical (unpaired) electrons. The summed E-state index contributed by atoms with van der Waals surface area (Å²) < 4.78 is 0. The van der Waals surface area contributed by atoms with E-state index in [1.165, 1.54) is 12.1 Å². The standard InChI is InChI=1S/C22H26N4O6/c23-16(10-14-6-8-15(27)9-7-14)20(29)25-17(11-13-4-2-1-3-5-13)21(30)26-18(22(31)32)12-19(24)28/h1-9,16-18,27H,10-12,23H2,(H2,24,28)(H,25,29)(H,26,30)(H,31,32). The Balaban J connectivity index is 2.13. The highest BCUT2D eigenvalue weighted by Crippen LogP contribution is 2.11. The number of aromatic hydroxyl groups is 1. The number of nitrogens with one attached hydrogen (secondary N) is 2.